The second-order valence-electron chi connectivity index (χ2n) is 3.18. The highest BCUT2D eigenvalue weighted by Gasteiger charge is 2.09. The van der Waals surface area contributed by atoms with Crippen LogP contribution in [0.2, 0.25) is 0 Å². The topological polar surface area (TPSA) is 40.5 Å². The van der Waals surface area contributed by atoms with Gasteiger partial charge in [-0.05, 0) is 29.8 Å². The maximum atomic E-state index is 13.4. The van der Waals surface area contributed by atoms with Crippen molar-refractivity contribution in [3.05, 3.63) is 48.3 Å². The highest BCUT2D eigenvalue weighted by Crippen LogP contribution is 2.32. The van der Waals surface area contributed by atoms with E-state index in [-0.39, 0.29) is 17.1 Å². The number of phenols is 2. The van der Waals surface area contributed by atoms with E-state index in [9.17, 15) is 14.6 Å². The summed E-state index contributed by atoms with van der Waals surface area (Å²) in [5.74, 6) is -0.614. The van der Waals surface area contributed by atoms with Crippen LogP contribution in [0.3, 0.4) is 0 Å². The van der Waals surface area contributed by atoms with Crippen molar-refractivity contribution in [3.63, 3.8) is 0 Å². The largest absolute Gasteiger partial charge is 0.508 e. The van der Waals surface area contributed by atoms with E-state index in [1.54, 1.807) is 12.1 Å². The van der Waals surface area contributed by atoms with Gasteiger partial charge in [0.05, 0.1) is 5.56 Å². The number of halogens is 1. The Bertz CT molecular complexity index is 474. The van der Waals surface area contributed by atoms with E-state index >= 15 is 0 Å². The average molecular weight is 204 g/mol. The molecule has 2 rings (SSSR count). The first-order valence-electron chi connectivity index (χ1n) is 4.45. The smallest absolute Gasteiger partial charge is 0.134 e. The zero-order valence-corrected chi connectivity index (χ0v) is 7.81. The molecule has 0 saturated heterocycles. The molecular formula is C12H9FO2. The van der Waals surface area contributed by atoms with Crippen molar-refractivity contribution < 1.29 is 14.6 Å². The lowest BCUT2D eigenvalue weighted by molar-refractivity contribution is 0.471. The molecule has 2 nitrogen and oxygen atoms in total. The Morgan fingerprint density at radius 3 is 2.33 bits per heavy atom. The molecule has 76 valence electrons. The standard InChI is InChI=1S/C12H9FO2/c13-10-5-2-6-11(15)12(10)8-3-1-4-9(14)7-8/h1-7,14-15H. The number of rotatable bonds is 1. The van der Waals surface area contributed by atoms with E-state index in [2.05, 4.69) is 0 Å². The van der Waals surface area contributed by atoms with Crippen LogP contribution in [0.4, 0.5) is 4.39 Å². The molecule has 0 fully saturated rings. The molecule has 0 aliphatic carbocycles. The molecule has 0 aliphatic heterocycles. The summed E-state index contributed by atoms with van der Waals surface area (Å²) in [6.45, 7) is 0. The third-order valence-electron chi connectivity index (χ3n) is 2.13. The summed E-state index contributed by atoms with van der Waals surface area (Å²) >= 11 is 0. The van der Waals surface area contributed by atoms with Gasteiger partial charge in [-0.3, -0.25) is 0 Å². The molecular weight excluding hydrogens is 195 g/mol. The van der Waals surface area contributed by atoms with Crippen molar-refractivity contribution in [2.24, 2.45) is 0 Å². The monoisotopic (exact) mass is 204 g/mol. The Morgan fingerprint density at radius 2 is 1.67 bits per heavy atom. The second-order valence-corrected chi connectivity index (χ2v) is 3.18. The fourth-order valence-corrected chi connectivity index (χ4v) is 1.46. The van der Waals surface area contributed by atoms with E-state index in [0.29, 0.717) is 5.56 Å². The van der Waals surface area contributed by atoms with Crippen molar-refractivity contribution >= 4 is 0 Å². The Kier molecular flexibility index (Phi) is 2.29. The zero-order chi connectivity index (χ0) is 10.8. The highest BCUT2D eigenvalue weighted by molar-refractivity contribution is 5.71. The van der Waals surface area contributed by atoms with Gasteiger partial charge in [-0.1, -0.05) is 18.2 Å². The van der Waals surface area contributed by atoms with Gasteiger partial charge >= 0.3 is 0 Å². The minimum atomic E-state index is -0.513. The normalized spacial score (nSPS) is 10.2. The summed E-state index contributed by atoms with van der Waals surface area (Å²) in [6.07, 6.45) is 0. The minimum Gasteiger partial charge on any atom is -0.508 e. The summed E-state index contributed by atoms with van der Waals surface area (Å²) in [5.41, 5.74) is 0.555. The lowest BCUT2D eigenvalue weighted by Gasteiger charge is -2.06. The maximum Gasteiger partial charge on any atom is 0.134 e. The van der Waals surface area contributed by atoms with Crippen molar-refractivity contribution in [1.29, 1.82) is 0 Å². The van der Waals surface area contributed by atoms with Crippen LogP contribution in [0.15, 0.2) is 42.5 Å². The van der Waals surface area contributed by atoms with E-state index < -0.39 is 5.82 Å². The first-order chi connectivity index (χ1) is 7.18. The second kappa shape index (κ2) is 3.61. The fourth-order valence-electron chi connectivity index (χ4n) is 1.46. The molecule has 0 bridgehead atoms. The average Bonchev–Trinajstić information content (AvgIpc) is 2.17. The summed E-state index contributed by atoms with van der Waals surface area (Å²) in [6, 6.07) is 10.2. The van der Waals surface area contributed by atoms with E-state index in [4.69, 9.17) is 0 Å². The van der Waals surface area contributed by atoms with Gasteiger partial charge in [0.2, 0.25) is 0 Å². The minimum absolute atomic E-state index is 0.0372. The SMILES string of the molecule is Oc1cccc(-c2c(O)cccc2F)c1. The highest BCUT2D eigenvalue weighted by atomic mass is 19.1. The predicted octanol–water partition coefficient (Wildman–Crippen LogP) is 2.90. The van der Waals surface area contributed by atoms with Crippen molar-refractivity contribution in [3.8, 4) is 22.6 Å². The van der Waals surface area contributed by atoms with Gasteiger partial charge in [0.25, 0.3) is 0 Å². The molecule has 0 spiro atoms. The van der Waals surface area contributed by atoms with Crippen LogP contribution in [-0.2, 0) is 0 Å². The molecule has 2 N–H and O–H groups in total. The van der Waals surface area contributed by atoms with Crippen LogP contribution >= 0.6 is 0 Å². The van der Waals surface area contributed by atoms with Gasteiger partial charge in [-0.15, -0.1) is 0 Å². The number of hydrogen-bond donors (Lipinski definition) is 2. The molecule has 0 unspecified atom stereocenters. The molecule has 0 aliphatic rings. The van der Waals surface area contributed by atoms with Crippen LogP contribution < -0.4 is 0 Å². The molecule has 0 saturated carbocycles. The Hall–Kier alpha value is -2.03. The van der Waals surface area contributed by atoms with Gasteiger partial charge in [0.15, 0.2) is 0 Å². The maximum absolute atomic E-state index is 13.4. The van der Waals surface area contributed by atoms with Crippen LogP contribution in [0, 0.1) is 5.82 Å². The lowest BCUT2D eigenvalue weighted by Crippen LogP contribution is -1.84. The fraction of sp³-hybridized carbons (Fsp3) is 0. The first-order valence-corrected chi connectivity index (χ1v) is 4.45. The van der Waals surface area contributed by atoms with Crippen LogP contribution in [-0.4, -0.2) is 10.2 Å². The van der Waals surface area contributed by atoms with Crippen LogP contribution in [0.1, 0.15) is 0 Å². The molecule has 2 aromatic rings. The van der Waals surface area contributed by atoms with Gasteiger partial charge in [0, 0.05) is 0 Å². The first kappa shape index (κ1) is 9.52. The van der Waals surface area contributed by atoms with Gasteiger partial charge < -0.3 is 10.2 Å². The molecule has 0 atom stereocenters. The van der Waals surface area contributed by atoms with E-state index in [0.717, 1.165) is 0 Å². The van der Waals surface area contributed by atoms with Crippen molar-refractivity contribution in [1.82, 2.24) is 0 Å². The third-order valence-corrected chi connectivity index (χ3v) is 2.13. The Morgan fingerprint density at radius 1 is 0.933 bits per heavy atom. The number of aromatic hydroxyl groups is 2. The molecule has 0 amide bonds. The number of benzene rings is 2. The summed E-state index contributed by atoms with van der Waals surface area (Å²) in [4.78, 5) is 0. The Labute approximate surface area is 86.2 Å². The lowest BCUT2D eigenvalue weighted by atomic mass is 10.0. The van der Waals surface area contributed by atoms with Crippen LogP contribution in [0.25, 0.3) is 11.1 Å². The number of phenolic OH excluding ortho intramolecular Hbond substituents is 2. The summed E-state index contributed by atoms with van der Waals surface area (Å²) < 4.78 is 13.4. The quantitative estimate of drug-likeness (QED) is 0.749. The molecule has 0 aromatic heterocycles. The molecule has 0 radical (unpaired) electrons. The molecule has 2 aromatic carbocycles. The Balaban J connectivity index is 2.63. The van der Waals surface area contributed by atoms with Gasteiger partial charge in [-0.25, -0.2) is 4.39 Å². The van der Waals surface area contributed by atoms with E-state index in [1.165, 1.54) is 30.3 Å². The third kappa shape index (κ3) is 1.76. The summed E-state index contributed by atoms with van der Waals surface area (Å²) in [5, 5.41) is 18.8. The molecule has 15 heavy (non-hydrogen) atoms. The molecule has 3 heteroatoms. The number of hydrogen-bond acceptors (Lipinski definition) is 2. The van der Waals surface area contributed by atoms with Gasteiger partial charge in [-0.2, -0.15) is 0 Å². The van der Waals surface area contributed by atoms with Crippen molar-refractivity contribution in [2.75, 3.05) is 0 Å². The molecule has 0 heterocycles. The van der Waals surface area contributed by atoms with Gasteiger partial charge in [0.1, 0.15) is 17.3 Å². The zero-order valence-electron chi connectivity index (χ0n) is 7.81. The van der Waals surface area contributed by atoms with Crippen LogP contribution in [0.5, 0.6) is 11.5 Å². The van der Waals surface area contributed by atoms with Crippen molar-refractivity contribution in [2.45, 2.75) is 0 Å². The predicted molar refractivity (Wildman–Crippen MR) is 55.2 cm³/mol. The van der Waals surface area contributed by atoms with E-state index in [1.807, 2.05) is 0 Å². The summed E-state index contributed by atoms with van der Waals surface area (Å²) in [7, 11) is 0.